The Labute approximate surface area is 115 Å². The number of methoxy groups -OCH3 is 2. The maximum absolute atomic E-state index is 5.40. The van der Waals surface area contributed by atoms with E-state index >= 15 is 0 Å². The molecule has 4 nitrogen and oxygen atoms in total. The van der Waals surface area contributed by atoms with Gasteiger partial charge in [0.15, 0.2) is 11.5 Å². The van der Waals surface area contributed by atoms with Gasteiger partial charge >= 0.3 is 0 Å². The first-order valence-electron chi connectivity index (χ1n) is 6.85. The Hall–Kier alpha value is -1.71. The first kappa shape index (κ1) is 13.7. The number of nitrogens with zero attached hydrogens (tertiary/aromatic N) is 2. The van der Waals surface area contributed by atoms with Gasteiger partial charge in [0.25, 0.3) is 0 Å². The summed E-state index contributed by atoms with van der Waals surface area (Å²) in [5, 5.41) is 6.71. The molecule has 0 saturated carbocycles. The fraction of sp³-hybridized carbons (Fsp3) is 0.533. The standard InChI is InChI=1S/C15H22N2O2/c1-18-14-9-7-8-13(15(14)19-2)12-16-17-10-5-3-4-6-11-17/h7-9,12H,3-6,10-11H2,1-2H3/b16-12+. The molecule has 0 atom stereocenters. The average Bonchev–Trinajstić information content (AvgIpc) is 2.73. The van der Waals surface area contributed by atoms with E-state index in [0.717, 1.165) is 30.2 Å². The summed E-state index contributed by atoms with van der Waals surface area (Å²) >= 11 is 0. The molecule has 0 N–H and O–H groups in total. The Morgan fingerprint density at radius 1 is 1.05 bits per heavy atom. The van der Waals surface area contributed by atoms with Gasteiger partial charge in [-0.05, 0) is 25.0 Å². The average molecular weight is 262 g/mol. The molecule has 0 bridgehead atoms. The van der Waals surface area contributed by atoms with E-state index in [1.807, 2.05) is 24.4 Å². The minimum atomic E-state index is 0.738. The van der Waals surface area contributed by atoms with Crippen LogP contribution in [-0.4, -0.2) is 38.5 Å². The number of hydrazone groups is 1. The summed E-state index contributed by atoms with van der Waals surface area (Å²) in [5.41, 5.74) is 0.950. The summed E-state index contributed by atoms with van der Waals surface area (Å²) in [4.78, 5) is 0. The van der Waals surface area contributed by atoms with Crippen LogP contribution in [0.2, 0.25) is 0 Å². The second kappa shape index (κ2) is 7.02. The van der Waals surface area contributed by atoms with Crippen LogP contribution in [0.15, 0.2) is 23.3 Å². The van der Waals surface area contributed by atoms with E-state index < -0.39 is 0 Å². The molecule has 0 aliphatic carbocycles. The van der Waals surface area contributed by atoms with Gasteiger partial charge in [0.1, 0.15) is 0 Å². The van der Waals surface area contributed by atoms with Crippen LogP contribution in [0.1, 0.15) is 31.2 Å². The quantitative estimate of drug-likeness (QED) is 0.782. The fourth-order valence-electron chi connectivity index (χ4n) is 2.33. The lowest BCUT2D eigenvalue weighted by Crippen LogP contribution is -2.18. The lowest BCUT2D eigenvalue weighted by atomic mass is 10.2. The van der Waals surface area contributed by atoms with Crippen molar-refractivity contribution in [2.75, 3.05) is 27.3 Å². The maximum Gasteiger partial charge on any atom is 0.169 e. The van der Waals surface area contributed by atoms with Crippen molar-refractivity contribution in [3.8, 4) is 11.5 Å². The van der Waals surface area contributed by atoms with Crippen molar-refractivity contribution in [1.82, 2.24) is 5.01 Å². The number of benzene rings is 1. The monoisotopic (exact) mass is 262 g/mol. The highest BCUT2D eigenvalue weighted by molar-refractivity contribution is 5.84. The van der Waals surface area contributed by atoms with E-state index in [-0.39, 0.29) is 0 Å². The molecule has 1 saturated heterocycles. The Bertz CT molecular complexity index is 424. The lowest BCUT2D eigenvalue weighted by molar-refractivity contribution is 0.302. The number of ether oxygens (including phenoxy) is 2. The van der Waals surface area contributed by atoms with E-state index in [1.54, 1.807) is 14.2 Å². The summed E-state index contributed by atoms with van der Waals surface area (Å²) in [5.74, 6) is 1.48. The normalized spacial score (nSPS) is 16.4. The largest absolute Gasteiger partial charge is 0.493 e. The molecule has 19 heavy (non-hydrogen) atoms. The smallest absolute Gasteiger partial charge is 0.169 e. The van der Waals surface area contributed by atoms with Crippen molar-refractivity contribution in [2.45, 2.75) is 25.7 Å². The Morgan fingerprint density at radius 3 is 2.42 bits per heavy atom. The van der Waals surface area contributed by atoms with Crippen LogP contribution in [-0.2, 0) is 0 Å². The van der Waals surface area contributed by atoms with Gasteiger partial charge in [0, 0.05) is 18.7 Å². The van der Waals surface area contributed by atoms with Crippen LogP contribution in [0.3, 0.4) is 0 Å². The van der Waals surface area contributed by atoms with Crippen LogP contribution in [0, 0.1) is 0 Å². The highest BCUT2D eigenvalue weighted by Crippen LogP contribution is 2.29. The Morgan fingerprint density at radius 2 is 1.79 bits per heavy atom. The van der Waals surface area contributed by atoms with Gasteiger partial charge < -0.3 is 9.47 Å². The minimum absolute atomic E-state index is 0.738. The van der Waals surface area contributed by atoms with Crippen LogP contribution in [0.25, 0.3) is 0 Å². The zero-order valence-electron chi connectivity index (χ0n) is 11.8. The molecule has 1 aromatic rings. The molecule has 0 aromatic heterocycles. The molecule has 1 aliphatic heterocycles. The van der Waals surface area contributed by atoms with Crippen molar-refractivity contribution in [3.05, 3.63) is 23.8 Å². The minimum Gasteiger partial charge on any atom is -0.493 e. The second-order valence-electron chi connectivity index (χ2n) is 4.70. The van der Waals surface area contributed by atoms with Gasteiger partial charge in [-0.15, -0.1) is 0 Å². The molecule has 0 radical (unpaired) electrons. The predicted octanol–water partition coefficient (Wildman–Crippen LogP) is 2.91. The molecule has 1 fully saturated rings. The zero-order chi connectivity index (χ0) is 13.5. The van der Waals surface area contributed by atoms with Gasteiger partial charge in [-0.2, -0.15) is 5.10 Å². The summed E-state index contributed by atoms with van der Waals surface area (Å²) in [6.07, 6.45) is 6.95. The Kier molecular flexibility index (Phi) is 5.07. The molecule has 0 unspecified atom stereocenters. The molecule has 1 aliphatic rings. The molecule has 4 heteroatoms. The highest BCUT2D eigenvalue weighted by Gasteiger charge is 2.09. The lowest BCUT2D eigenvalue weighted by Gasteiger charge is -2.16. The van der Waals surface area contributed by atoms with Gasteiger partial charge in [0.05, 0.1) is 20.4 Å². The molecule has 1 aromatic carbocycles. The first-order valence-corrected chi connectivity index (χ1v) is 6.85. The third-order valence-corrected chi connectivity index (χ3v) is 3.38. The third-order valence-electron chi connectivity index (χ3n) is 3.38. The number of rotatable bonds is 4. The maximum atomic E-state index is 5.40. The zero-order valence-corrected chi connectivity index (χ0v) is 11.8. The summed E-state index contributed by atoms with van der Waals surface area (Å²) in [6.45, 7) is 2.09. The van der Waals surface area contributed by atoms with Crippen molar-refractivity contribution >= 4 is 6.21 Å². The van der Waals surface area contributed by atoms with Gasteiger partial charge in [0.2, 0.25) is 0 Å². The molecule has 1 heterocycles. The van der Waals surface area contributed by atoms with Crippen molar-refractivity contribution in [2.24, 2.45) is 5.10 Å². The Balaban J connectivity index is 2.13. The van der Waals surface area contributed by atoms with E-state index in [4.69, 9.17) is 9.47 Å². The molecular formula is C15H22N2O2. The summed E-state index contributed by atoms with van der Waals surface area (Å²) in [7, 11) is 3.30. The van der Waals surface area contributed by atoms with Gasteiger partial charge in [-0.3, -0.25) is 5.01 Å². The molecule has 104 valence electrons. The van der Waals surface area contributed by atoms with Gasteiger partial charge in [-0.25, -0.2) is 0 Å². The first-order chi connectivity index (χ1) is 9.35. The van der Waals surface area contributed by atoms with E-state index in [9.17, 15) is 0 Å². The van der Waals surface area contributed by atoms with Crippen LogP contribution < -0.4 is 9.47 Å². The predicted molar refractivity (Wildman–Crippen MR) is 77.2 cm³/mol. The fourth-order valence-corrected chi connectivity index (χ4v) is 2.33. The third kappa shape index (κ3) is 3.63. The summed E-state index contributed by atoms with van der Waals surface area (Å²) in [6, 6.07) is 5.83. The van der Waals surface area contributed by atoms with E-state index in [1.165, 1.54) is 25.7 Å². The van der Waals surface area contributed by atoms with Crippen LogP contribution >= 0.6 is 0 Å². The van der Waals surface area contributed by atoms with E-state index in [2.05, 4.69) is 10.1 Å². The molecule has 2 rings (SSSR count). The molecule has 0 amide bonds. The van der Waals surface area contributed by atoms with Crippen molar-refractivity contribution in [1.29, 1.82) is 0 Å². The van der Waals surface area contributed by atoms with E-state index in [0.29, 0.717) is 0 Å². The summed E-state index contributed by atoms with van der Waals surface area (Å²) < 4.78 is 10.7. The van der Waals surface area contributed by atoms with Gasteiger partial charge in [-0.1, -0.05) is 18.9 Å². The number of para-hydroxylation sites is 1. The molecule has 0 spiro atoms. The van der Waals surface area contributed by atoms with Crippen molar-refractivity contribution < 1.29 is 9.47 Å². The second-order valence-corrected chi connectivity index (χ2v) is 4.70. The highest BCUT2D eigenvalue weighted by atomic mass is 16.5. The number of hydrogen-bond acceptors (Lipinski definition) is 4. The number of hydrogen-bond donors (Lipinski definition) is 0. The molecular weight excluding hydrogens is 240 g/mol. The SMILES string of the molecule is COc1cccc(/C=N/N2CCCCCC2)c1OC. The van der Waals surface area contributed by atoms with Crippen LogP contribution in [0.5, 0.6) is 11.5 Å². The van der Waals surface area contributed by atoms with Crippen molar-refractivity contribution in [3.63, 3.8) is 0 Å². The topological polar surface area (TPSA) is 34.1 Å². The van der Waals surface area contributed by atoms with Crippen LogP contribution in [0.4, 0.5) is 0 Å².